The van der Waals surface area contributed by atoms with Gasteiger partial charge in [0.15, 0.2) is 0 Å². The van der Waals surface area contributed by atoms with Crippen molar-refractivity contribution in [3.63, 3.8) is 0 Å². The van der Waals surface area contributed by atoms with Crippen LogP contribution in [0.2, 0.25) is 0 Å². The van der Waals surface area contributed by atoms with Crippen LogP contribution in [-0.4, -0.2) is 32.1 Å². The molecule has 176 valence electrons. The minimum atomic E-state index is -4.64. The first-order valence-corrected chi connectivity index (χ1v) is 11.2. The summed E-state index contributed by atoms with van der Waals surface area (Å²) in [5.74, 6) is -1.11. The number of anilines is 2. The molecule has 0 heterocycles. The standard InChI is InChI=1S/C21H25F3N2O5S/c1-5-31-17-11-14(25-20(28)19(27)12(2)3)9-10-18(17)32(29,30)26-16-8-6-7-15(13(16)4)21(22,23)24/h6-12,19,26-27H,5H2,1-4H3,(H,25,28)/t19-/m0/s1. The summed E-state index contributed by atoms with van der Waals surface area (Å²) in [4.78, 5) is 11.8. The fourth-order valence-electron chi connectivity index (χ4n) is 2.85. The zero-order valence-corrected chi connectivity index (χ0v) is 18.8. The number of rotatable bonds is 8. The average Bonchev–Trinajstić information content (AvgIpc) is 2.68. The second-order valence-electron chi connectivity index (χ2n) is 7.35. The fourth-order valence-corrected chi connectivity index (χ4v) is 4.10. The zero-order valence-electron chi connectivity index (χ0n) is 17.9. The van der Waals surface area contributed by atoms with E-state index in [9.17, 15) is 31.5 Å². The van der Waals surface area contributed by atoms with Gasteiger partial charge in [-0.2, -0.15) is 13.2 Å². The van der Waals surface area contributed by atoms with E-state index in [1.54, 1.807) is 20.8 Å². The third-order valence-corrected chi connectivity index (χ3v) is 5.99. The first-order valence-electron chi connectivity index (χ1n) is 9.73. The van der Waals surface area contributed by atoms with E-state index in [0.29, 0.717) is 0 Å². The summed E-state index contributed by atoms with van der Waals surface area (Å²) in [7, 11) is -4.33. The first kappa shape index (κ1) is 25.5. The van der Waals surface area contributed by atoms with Crippen LogP contribution in [0.15, 0.2) is 41.3 Å². The van der Waals surface area contributed by atoms with Gasteiger partial charge in [0.2, 0.25) is 0 Å². The molecule has 32 heavy (non-hydrogen) atoms. The number of benzene rings is 2. The number of hydrogen-bond acceptors (Lipinski definition) is 5. The minimum Gasteiger partial charge on any atom is -0.492 e. The number of aliphatic hydroxyl groups excluding tert-OH is 1. The van der Waals surface area contributed by atoms with Crippen molar-refractivity contribution in [1.29, 1.82) is 0 Å². The molecule has 7 nitrogen and oxygen atoms in total. The number of carbonyl (C=O) groups excluding carboxylic acids is 1. The molecule has 0 fully saturated rings. The van der Waals surface area contributed by atoms with Gasteiger partial charge in [0.05, 0.1) is 17.9 Å². The van der Waals surface area contributed by atoms with Crippen LogP contribution in [-0.2, 0) is 21.0 Å². The number of nitrogens with one attached hydrogen (secondary N) is 2. The highest BCUT2D eigenvalue weighted by Crippen LogP contribution is 2.36. The number of amides is 1. The Balaban J connectivity index is 2.40. The summed E-state index contributed by atoms with van der Waals surface area (Å²) >= 11 is 0. The molecule has 0 aliphatic carbocycles. The molecule has 2 rings (SSSR count). The molecule has 0 aliphatic heterocycles. The van der Waals surface area contributed by atoms with Crippen molar-refractivity contribution < 1.29 is 36.2 Å². The van der Waals surface area contributed by atoms with E-state index in [-0.39, 0.29) is 40.1 Å². The van der Waals surface area contributed by atoms with Crippen molar-refractivity contribution in [2.75, 3.05) is 16.6 Å². The zero-order chi connectivity index (χ0) is 24.3. The molecule has 0 saturated heterocycles. The van der Waals surface area contributed by atoms with E-state index in [0.717, 1.165) is 18.2 Å². The van der Waals surface area contributed by atoms with Crippen LogP contribution in [0, 0.1) is 12.8 Å². The molecule has 1 atom stereocenters. The van der Waals surface area contributed by atoms with E-state index in [4.69, 9.17) is 4.74 Å². The van der Waals surface area contributed by atoms with Crippen LogP contribution in [0.25, 0.3) is 0 Å². The van der Waals surface area contributed by atoms with Gasteiger partial charge in [-0.3, -0.25) is 9.52 Å². The molecule has 2 aromatic rings. The average molecular weight is 475 g/mol. The van der Waals surface area contributed by atoms with Crippen molar-refractivity contribution in [3.05, 3.63) is 47.5 Å². The van der Waals surface area contributed by atoms with Gasteiger partial charge >= 0.3 is 6.18 Å². The first-order chi connectivity index (χ1) is 14.8. The highest BCUT2D eigenvalue weighted by molar-refractivity contribution is 7.92. The Kier molecular flexibility index (Phi) is 7.79. The van der Waals surface area contributed by atoms with Gasteiger partial charge in [-0.25, -0.2) is 8.42 Å². The maximum absolute atomic E-state index is 13.2. The Morgan fingerprint density at radius 3 is 2.41 bits per heavy atom. The normalized spacial score (nSPS) is 13.0. The largest absolute Gasteiger partial charge is 0.492 e. The summed E-state index contributed by atoms with van der Waals surface area (Å²) in [5.41, 5.74) is -1.26. The van der Waals surface area contributed by atoms with Crippen LogP contribution in [0.5, 0.6) is 5.75 Å². The van der Waals surface area contributed by atoms with Gasteiger partial charge in [0.1, 0.15) is 16.7 Å². The quantitative estimate of drug-likeness (QED) is 0.533. The Morgan fingerprint density at radius 2 is 1.84 bits per heavy atom. The fraction of sp³-hybridized carbons (Fsp3) is 0.381. The monoisotopic (exact) mass is 474 g/mol. The molecule has 0 saturated carbocycles. The predicted molar refractivity (Wildman–Crippen MR) is 114 cm³/mol. The number of sulfonamides is 1. The molecule has 0 bridgehead atoms. The number of alkyl halides is 3. The highest BCUT2D eigenvalue weighted by atomic mass is 32.2. The lowest BCUT2D eigenvalue weighted by molar-refractivity contribution is -0.138. The summed E-state index contributed by atoms with van der Waals surface area (Å²) in [6, 6.07) is 6.92. The molecule has 0 aliphatic rings. The van der Waals surface area contributed by atoms with Crippen molar-refractivity contribution in [3.8, 4) is 5.75 Å². The molecule has 3 N–H and O–H groups in total. The summed E-state index contributed by atoms with van der Waals surface area (Å²) in [6.45, 7) is 6.20. The Morgan fingerprint density at radius 1 is 1.19 bits per heavy atom. The second kappa shape index (κ2) is 9.78. The number of aliphatic hydroxyl groups is 1. The molecule has 2 aromatic carbocycles. The van der Waals surface area contributed by atoms with E-state index < -0.39 is 33.8 Å². The van der Waals surface area contributed by atoms with E-state index in [2.05, 4.69) is 10.0 Å². The Labute approximate surface area is 184 Å². The highest BCUT2D eigenvalue weighted by Gasteiger charge is 2.33. The summed E-state index contributed by atoms with van der Waals surface area (Å²) in [5, 5.41) is 12.3. The third kappa shape index (κ3) is 5.92. The summed E-state index contributed by atoms with van der Waals surface area (Å²) in [6.07, 6.45) is -5.90. The molecule has 11 heteroatoms. The number of ether oxygens (including phenoxy) is 1. The maximum atomic E-state index is 13.2. The van der Waals surface area contributed by atoms with Crippen molar-refractivity contribution in [2.24, 2.45) is 5.92 Å². The molecule has 0 unspecified atom stereocenters. The third-order valence-electron chi connectivity index (χ3n) is 4.58. The Hall–Kier alpha value is -2.79. The Bertz CT molecular complexity index is 1090. The van der Waals surface area contributed by atoms with Gasteiger partial charge in [0, 0.05) is 11.8 Å². The lowest BCUT2D eigenvalue weighted by Gasteiger charge is -2.18. The van der Waals surface area contributed by atoms with E-state index in [1.165, 1.54) is 25.1 Å². The smallest absolute Gasteiger partial charge is 0.416 e. The molecule has 1 amide bonds. The molecular formula is C21H25F3N2O5S. The number of hydrogen-bond donors (Lipinski definition) is 3. The van der Waals surface area contributed by atoms with Crippen molar-refractivity contribution in [2.45, 2.75) is 44.9 Å². The molecule has 0 radical (unpaired) electrons. The van der Waals surface area contributed by atoms with Gasteiger partial charge in [0.25, 0.3) is 15.9 Å². The minimum absolute atomic E-state index is 0.0944. The lowest BCUT2D eigenvalue weighted by atomic mass is 10.1. The van der Waals surface area contributed by atoms with Crippen molar-refractivity contribution in [1.82, 2.24) is 0 Å². The lowest BCUT2D eigenvalue weighted by Crippen LogP contribution is -2.31. The number of halogens is 3. The van der Waals surface area contributed by atoms with Gasteiger partial charge < -0.3 is 15.2 Å². The second-order valence-corrected chi connectivity index (χ2v) is 9.00. The van der Waals surface area contributed by atoms with Crippen LogP contribution >= 0.6 is 0 Å². The van der Waals surface area contributed by atoms with Gasteiger partial charge in [-0.05, 0) is 49.6 Å². The van der Waals surface area contributed by atoms with Crippen molar-refractivity contribution >= 4 is 27.3 Å². The number of carbonyl (C=O) groups is 1. The predicted octanol–water partition coefficient (Wildman–Crippen LogP) is 4.17. The van der Waals surface area contributed by atoms with Crippen LogP contribution in [0.4, 0.5) is 24.5 Å². The molecule has 0 spiro atoms. The van der Waals surface area contributed by atoms with Crippen LogP contribution < -0.4 is 14.8 Å². The molecule has 0 aromatic heterocycles. The van der Waals surface area contributed by atoms with E-state index in [1.807, 2.05) is 0 Å². The SMILES string of the molecule is CCOc1cc(NC(=O)[C@@H](O)C(C)C)ccc1S(=O)(=O)Nc1cccc(C(F)(F)F)c1C. The van der Waals surface area contributed by atoms with Gasteiger partial charge in [-0.1, -0.05) is 19.9 Å². The van der Waals surface area contributed by atoms with Crippen LogP contribution in [0.1, 0.15) is 31.9 Å². The van der Waals surface area contributed by atoms with Crippen LogP contribution in [0.3, 0.4) is 0 Å². The van der Waals surface area contributed by atoms with Gasteiger partial charge in [-0.15, -0.1) is 0 Å². The topological polar surface area (TPSA) is 105 Å². The maximum Gasteiger partial charge on any atom is 0.416 e. The molecular weight excluding hydrogens is 449 g/mol. The summed E-state index contributed by atoms with van der Waals surface area (Å²) < 4.78 is 72.9. The van der Waals surface area contributed by atoms with E-state index >= 15 is 0 Å².